The Morgan fingerprint density at radius 2 is 1.83 bits per heavy atom. The van der Waals surface area contributed by atoms with Crippen LogP contribution in [0.4, 0.5) is 0 Å². The minimum atomic E-state index is -1.09. The summed E-state index contributed by atoms with van der Waals surface area (Å²) in [7, 11) is 0. The van der Waals surface area contributed by atoms with Crippen LogP contribution in [0.1, 0.15) is 16.7 Å². The lowest BCUT2D eigenvalue weighted by atomic mass is 10.1. The standard InChI is InChI=1S/C32H33Cl3N4O3/c33-26-7-3-24(4-8-26)2-1-15-38(16-13-36)19-25-5-10-28(11-6-25)40-20-29-21-41-32(42-29,22-39-17-14-37-23-39)30-12-9-27(34)18-31(30)35/h1-12,14,17-18,23,29H,13,15-16,19-22,36H2/b2-1-. The van der Waals surface area contributed by atoms with Gasteiger partial charge in [-0.25, -0.2) is 4.98 Å². The van der Waals surface area contributed by atoms with Gasteiger partial charge >= 0.3 is 0 Å². The summed E-state index contributed by atoms with van der Waals surface area (Å²) < 4.78 is 20.7. The number of benzene rings is 3. The molecular weight excluding hydrogens is 595 g/mol. The Morgan fingerprint density at radius 3 is 2.55 bits per heavy atom. The summed E-state index contributed by atoms with van der Waals surface area (Å²) in [5, 5.41) is 1.75. The highest BCUT2D eigenvalue weighted by atomic mass is 35.5. The van der Waals surface area contributed by atoms with Gasteiger partial charge < -0.3 is 24.5 Å². The molecule has 0 bridgehead atoms. The van der Waals surface area contributed by atoms with Crippen LogP contribution in [0.2, 0.25) is 15.1 Å². The molecule has 2 heterocycles. The summed E-state index contributed by atoms with van der Waals surface area (Å²) in [5.41, 5.74) is 8.87. The van der Waals surface area contributed by atoms with Gasteiger partial charge in [0.05, 0.1) is 24.5 Å². The van der Waals surface area contributed by atoms with Gasteiger partial charge in [-0.05, 0) is 47.5 Å². The van der Waals surface area contributed by atoms with Gasteiger partial charge in [0.15, 0.2) is 0 Å². The molecular formula is C32H33Cl3N4O3. The van der Waals surface area contributed by atoms with E-state index < -0.39 is 5.79 Å². The minimum Gasteiger partial charge on any atom is -0.491 e. The molecule has 1 saturated heterocycles. The number of nitrogens with two attached hydrogens (primary N) is 1. The highest BCUT2D eigenvalue weighted by Crippen LogP contribution is 2.40. The molecule has 5 rings (SSSR count). The maximum atomic E-state index is 6.57. The van der Waals surface area contributed by atoms with Crippen molar-refractivity contribution in [3.05, 3.63) is 123 Å². The van der Waals surface area contributed by atoms with Crippen LogP contribution in [0.5, 0.6) is 5.75 Å². The highest BCUT2D eigenvalue weighted by Gasteiger charge is 2.45. The zero-order valence-corrected chi connectivity index (χ0v) is 25.3. The number of nitrogens with zero attached hydrogens (tertiary/aromatic N) is 3. The van der Waals surface area contributed by atoms with Gasteiger partial charge in [0.1, 0.15) is 18.5 Å². The summed E-state index contributed by atoms with van der Waals surface area (Å²) in [6.07, 6.45) is 9.22. The highest BCUT2D eigenvalue weighted by molar-refractivity contribution is 6.35. The summed E-state index contributed by atoms with van der Waals surface area (Å²) in [4.78, 5) is 6.44. The zero-order chi connectivity index (χ0) is 29.4. The topological polar surface area (TPSA) is 74.8 Å². The number of aromatic nitrogens is 2. The average molecular weight is 628 g/mol. The molecule has 7 nitrogen and oxygen atoms in total. The van der Waals surface area contributed by atoms with Gasteiger partial charge in [-0.3, -0.25) is 4.90 Å². The van der Waals surface area contributed by atoms with E-state index in [1.165, 1.54) is 5.56 Å². The lowest BCUT2D eigenvalue weighted by molar-refractivity contribution is -0.189. The van der Waals surface area contributed by atoms with Gasteiger partial charge in [0, 0.05) is 54.2 Å². The molecule has 1 aliphatic heterocycles. The van der Waals surface area contributed by atoms with Crippen molar-refractivity contribution in [1.82, 2.24) is 14.5 Å². The number of imidazole rings is 1. The fourth-order valence-electron chi connectivity index (χ4n) is 4.84. The first-order valence-corrected chi connectivity index (χ1v) is 14.9. The molecule has 0 saturated carbocycles. The van der Waals surface area contributed by atoms with Gasteiger partial charge in [0.2, 0.25) is 5.79 Å². The van der Waals surface area contributed by atoms with E-state index in [0.29, 0.717) is 41.9 Å². The quantitative estimate of drug-likeness (QED) is 0.179. The van der Waals surface area contributed by atoms with Crippen molar-refractivity contribution in [3.8, 4) is 5.75 Å². The van der Waals surface area contributed by atoms with Crippen molar-refractivity contribution in [1.29, 1.82) is 0 Å². The van der Waals surface area contributed by atoms with E-state index >= 15 is 0 Å². The third-order valence-electron chi connectivity index (χ3n) is 6.91. The number of hydrogen-bond donors (Lipinski definition) is 1. The van der Waals surface area contributed by atoms with E-state index in [1.807, 2.05) is 53.2 Å². The van der Waals surface area contributed by atoms with Gasteiger partial charge in [-0.15, -0.1) is 0 Å². The molecule has 10 heteroatoms. The number of ether oxygens (including phenoxy) is 3. The first-order chi connectivity index (χ1) is 20.4. The predicted molar refractivity (Wildman–Crippen MR) is 168 cm³/mol. The normalized spacial score (nSPS) is 18.7. The fourth-order valence-corrected chi connectivity index (χ4v) is 5.52. The predicted octanol–water partition coefficient (Wildman–Crippen LogP) is 6.66. The van der Waals surface area contributed by atoms with Crippen LogP contribution in [-0.4, -0.2) is 53.4 Å². The minimum absolute atomic E-state index is 0.299. The molecule has 2 unspecified atom stereocenters. The van der Waals surface area contributed by atoms with E-state index in [4.69, 9.17) is 54.7 Å². The molecule has 0 spiro atoms. The number of rotatable bonds is 13. The molecule has 220 valence electrons. The largest absolute Gasteiger partial charge is 0.491 e. The molecule has 0 radical (unpaired) electrons. The molecule has 42 heavy (non-hydrogen) atoms. The Bertz CT molecular complexity index is 1450. The number of hydrogen-bond acceptors (Lipinski definition) is 6. The lowest BCUT2D eigenvalue weighted by Crippen LogP contribution is -2.34. The van der Waals surface area contributed by atoms with Crippen LogP contribution in [0.3, 0.4) is 0 Å². The smallest absolute Gasteiger partial charge is 0.215 e. The van der Waals surface area contributed by atoms with Crippen LogP contribution in [0.15, 0.2) is 91.5 Å². The average Bonchev–Trinajstić information content (AvgIpc) is 3.64. The second-order valence-corrected chi connectivity index (χ2v) is 11.4. The Hall–Kier alpha value is -2.88. The summed E-state index contributed by atoms with van der Waals surface area (Å²) in [6.45, 7) is 4.00. The Morgan fingerprint density at radius 1 is 1.05 bits per heavy atom. The summed E-state index contributed by atoms with van der Waals surface area (Å²) in [5.74, 6) is -0.332. The molecule has 2 N–H and O–H groups in total. The molecule has 1 aromatic heterocycles. The molecule has 1 aliphatic rings. The molecule has 3 aromatic carbocycles. The first-order valence-electron chi connectivity index (χ1n) is 13.7. The van der Waals surface area contributed by atoms with Crippen LogP contribution >= 0.6 is 34.8 Å². The van der Waals surface area contributed by atoms with Crippen molar-refractivity contribution in [2.75, 3.05) is 32.8 Å². The zero-order valence-electron chi connectivity index (χ0n) is 23.0. The molecule has 1 fully saturated rings. The molecule has 0 aliphatic carbocycles. The van der Waals surface area contributed by atoms with Crippen LogP contribution < -0.4 is 10.5 Å². The third kappa shape index (κ3) is 8.14. The molecule has 0 amide bonds. The van der Waals surface area contributed by atoms with Crippen molar-refractivity contribution in [3.63, 3.8) is 0 Å². The molecule has 4 aromatic rings. The SMILES string of the molecule is NCCN(C/C=C\c1ccc(Cl)cc1)Cc1ccc(OCC2COC(Cn3ccnc3)(c3ccc(Cl)cc3Cl)O2)cc1. The van der Waals surface area contributed by atoms with E-state index in [-0.39, 0.29) is 6.10 Å². The van der Waals surface area contributed by atoms with Crippen molar-refractivity contribution >= 4 is 40.9 Å². The molecule has 2 atom stereocenters. The monoisotopic (exact) mass is 626 g/mol. The van der Waals surface area contributed by atoms with E-state index in [1.54, 1.807) is 24.7 Å². The van der Waals surface area contributed by atoms with E-state index in [9.17, 15) is 0 Å². The van der Waals surface area contributed by atoms with Crippen molar-refractivity contribution < 1.29 is 14.2 Å². The van der Waals surface area contributed by atoms with Crippen LogP contribution in [-0.2, 0) is 28.4 Å². The Balaban J connectivity index is 1.17. The Labute approximate surface area is 261 Å². The van der Waals surface area contributed by atoms with Crippen LogP contribution in [0.25, 0.3) is 6.08 Å². The van der Waals surface area contributed by atoms with E-state index in [0.717, 1.165) is 36.0 Å². The van der Waals surface area contributed by atoms with Gasteiger partial charge in [-0.2, -0.15) is 0 Å². The Kier molecular flexibility index (Phi) is 10.6. The number of halogens is 3. The summed E-state index contributed by atoms with van der Waals surface area (Å²) >= 11 is 18.7. The van der Waals surface area contributed by atoms with Crippen molar-refractivity contribution in [2.45, 2.75) is 25.0 Å². The second-order valence-electron chi connectivity index (χ2n) is 10.1. The second kappa shape index (κ2) is 14.5. The third-order valence-corrected chi connectivity index (χ3v) is 7.71. The van der Waals surface area contributed by atoms with Crippen molar-refractivity contribution in [2.24, 2.45) is 5.73 Å². The van der Waals surface area contributed by atoms with E-state index in [2.05, 4.69) is 34.2 Å². The lowest BCUT2D eigenvalue weighted by Gasteiger charge is -2.30. The summed E-state index contributed by atoms with van der Waals surface area (Å²) in [6, 6.07) is 21.2. The van der Waals surface area contributed by atoms with Crippen LogP contribution in [0, 0.1) is 0 Å². The maximum absolute atomic E-state index is 6.57. The first kappa shape index (κ1) is 30.6. The van der Waals surface area contributed by atoms with Gasteiger partial charge in [0.25, 0.3) is 0 Å². The fraction of sp³-hybridized carbons (Fsp3) is 0.281. The maximum Gasteiger partial charge on any atom is 0.215 e. The van der Waals surface area contributed by atoms with Gasteiger partial charge in [-0.1, -0.05) is 77.3 Å².